The van der Waals surface area contributed by atoms with E-state index in [1.165, 1.54) is 19.4 Å². The second-order valence-electron chi connectivity index (χ2n) is 6.19. The molecular weight excluding hydrogens is 184 g/mol. The van der Waals surface area contributed by atoms with Crippen LogP contribution in [0.2, 0.25) is 0 Å². The Hall–Kier alpha value is -0.0800. The van der Waals surface area contributed by atoms with E-state index in [0.717, 1.165) is 5.92 Å². The summed E-state index contributed by atoms with van der Waals surface area (Å²) in [5.41, 5.74) is 0.449. The van der Waals surface area contributed by atoms with Gasteiger partial charge in [-0.15, -0.1) is 0 Å². The minimum atomic E-state index is 0.449. The molecule has 0 amide bonds. The van der Waals surface area contributed by atoms with E-state index in [0.29, 0.717) is 17.5 Å². The van der Waals surface area contributed by atoms with Crippen LogP contribution < -0.4 is 5.32 Å². The first-order chi connectivity index (χ1) is 6.88. The van der Waals surface area contributed by atoms with Crippen LogP contribution in [-0.2, 0) is 0 Å². The SMILES string of the molecule is CNC1C(N(C)CC(C)C)CCC1(C)C. The Morgan fingerprint density at radius 2 is 2.00 bits per heavy atom. The summed E-state index contributed by atoms with van der Waals surface area (Å²) in [5.74, 6) is 0.760. The summed E-state index contributed by atoms with van der Waals surface area (Å²) in [6, 6.07) is 1.36. The molecule has 1 N–H and O–H groups in total. The van der Waals surface area contributed by atoms with Crippen LogP contribution in [0.4, 0.5) is 0 Å². The molecule has 0 radical (unpaired) electrons. The van der Waals surface area contributed by atoms with Gasteiger partial charge in [0.1, 0.15) is 0 Å². The van der Waals surface area contributed by atoms with E-state index in [4.69, 9.17) is 0 Å². The molecule has 0 aromatic heterocycles. The molecule has 1 aliphatic carbocycles. The number of hydrogen-bond donors (Lipinski definition) is 1. The van der Waals surface area contributed by atoms with Gasteiger partial charge in [0.25, 0.3) is 0 Å². The Bertz CT molecular complexity index is 199. The number of likely N-dealkylation sites (N-methyl/N-ethyl adjacent to an activating group) is 2. The molecular formula is C13H28N2. The Kier molecular flexibility index (Phi) is 4.19. The molecule has 0 saturated heterocycles. The Morgan fingerprint density at radius 1 is 1.40 bits per heavy atom. The minimum absolute atomic E-state index is 0.449. The van der Waals surface area contributed by atoms with Crippen LogP contribution in [0.5, 0.6) is 0 Å². The Labute approximate surface area is 95.4 Å². The van der Waals surface area contributed by atoms with Gasteiger partial charge in [-0.25, -0.2) is 0 Å². The number of rotatable bonds is 4. The van der Waals surface area contributed by atoms with E-state index < -0.39 is 0 Å². The summed E-state index contributed by atoms with van der Waals surface area (Å²) >= 11 is 0. The average Bonchev–Trinajstić information content (AvgIpc) is 2.39. The normalized spacial score (nSPS) is 30.4. The van der Waals surface area contributed by atoms with E-state index in [1.54, 1.807) is 0 Å². The molecule has 0 aliphatic heterocycles. The second kappa shape index (κ2) is 4.84. The molecule has 2 unspecified atom stereocenters. The lowest BCUT2D eigenvalue weighted by Gasteiger charge is -2.35. The lowest BCUT2D eigenvalue weighted by molar-refractivity contribution is 0.164. The highest BCUT2D eigenvalue weighted by atomic mass is 15.2. The molecule has 0 aromatic carbocycles. The lowest BCUT2D eigenvalue weighted by Crippen LogP contribution is -2.50. The van der Waals surface area contributed by atoms with Crippen molar-refractivity contribution in [3.63, 3.8) is 0 Å². The van der Waals surface area contributed by atoms with Crippen LogP contribution >= 0.6 is 0 Å². The van der Waals surface area contributed by atoms with Crippen molar-refractivity contribution in [2.75, 3.05) is 20.6 Å². The molecule has 90 valence electrons. The minimum Gasteiger partial charge on any atom is -0.315 e. The van der Waals surface area contributed by atoms with E-state index >= 15 is 0 Å². The summed E-state index contributed by atoms with van der Waals surface area (Å²) in [4.78, 5) is 2.54. The van der Waals surface area contributed by atoms with Crippen LogP contribution in [0.25, 0.3) is 0 Å². The molecule has 15 heavy (non-hydrogen) atoms. The summed E-state index contributed by atoms with van der Waals surface area (Å²) in [5, 5.41) is 3.52. The van der Waals surface area contributed by atoms with Gasteiger partial charge in [0.15, 0.2) is 0 Å². The monoisotopic (exact) mass is 212 g/mol. The van der Waals surface area contributed by atoms with Crippen molar-refractivity contribution in [1.29, 1.82) is 0 Å². The molecule has 1 rings (SSSR count). The van der Waals surface area contributed by atoms with Gasteiger partial charge in [0, 0.05) is 18.6 Å². The predicted molar refractivity (Wildman–Crippen MR) is 67.1 cm³/mol. The van der Waals surface area contributed by atoms with Crippen molar-refractivity contribution >= 4 is 0 Å². The number of nitrogens with one attached hydrogen (secondary N) is 1. The van der Waals surface area contributed by atoms with E-state index in [2.05, 4.69) is 52.0 Å². The van der Waals surface area contributed by atoms with Crippen LogP contribution in [0.1, 0.15) is 40.5 Å². The maximum atomic E-state index is 3.52. The van der Waals surface area contributed by atoms with Gasteiger partial charge >= 0.3 is 0 Å². The van der Waals surface area contributed by atoms with Crippen molar-refractivity contribution in [2.45, 2.75) is 52.6 Å². The third kappa shape index (κ3) is 2.94. The second-order valence-corrected chi connectivity index (χ2v) is 6.19. The molecule has 2 nitrogen and oxygen atoms in total. The summed E-state index contributed by atoms with van der Waals surface area (Å²) in [6.07, 6.45) is 2.67. The topological polar surface area (TPSA) is 15.3 Å². The molecule has 2 heteroatoms. The lowest BCUT2D eigenvalue weighted by atomic mass is 9.86. The highest BCUT2D eigenvalue weighted by molar-refractivity contribution is 4.99. The quantitative estimate of drug-likeness (QED) is 0.769. The van der Waals surface area contributed by atoms with Crippen LogP contribution in [0, 0.1) is 11.3 Å². The first-order valence-electron chi connectivity index (χ1n) is 6.26. The number of hydrogen-bond acceptors (Lipinski definition) is 2. The zero-order valence-corrected chi connectivity index (χ0v) is 11.3. The van der Waals surface area contributed by atoms with Crippen molar-refractivity contribution < 1.29 is 0 Å². The van der Waals surface area contributed by atoms with Crippen LogP contribution in [0.3, 0.4) is 0 Å². The fourth-order valence-corrected chi connectivity index (χ4v) is 3.13. The van der Waals surface area contributed by atoms with E-state index in [-0.39, 0.29) is 0 Å². The summed E-state index contributed by atoms with van der Waals surface area (Å²) in [6.45, 7) is 10.6. The molecule has 1 saturated carbocycles. The maximum absolute atomic E-state index is 3.52. The molecule has 1 aliphatic rings. The molecule has 1 fully saturated rings. The van der Waals surface area contributed by atoms with Crippen molar-refractivity contribution in [1.82, 2.24) is 10.2 Å². The summed E-state index contributed by atoms with van der Waals surface area (Å²) < 4.78 is 0. The highest BCUT2D eigenvalue weighted by Gasteiger charge is 2.42. The molecule has 0 aromatic rings. The van der Waals surface area contributed by atoms with Gasteiger partial charge in [0.2, 0.25) is 0 Å². The maximum Gasteiger partial charge on any atom is 0.0271 e. The highest BCUT2D eigenvalue weighted by Crippen LogP contribution is 2.39. The van der Waals surface area contributed by atoms with Crippen molar-refractivity contribution in [3.8, 4) is 0 Å². The zero-order valence-electron chi connectivity index (χ0n) is 11.3. The Morgan fingerprint density at radius 3 is 2.47 bits per heavy atom. The van der Waals surface area contributed by atoms with E-state index in [1.807, 2.05) is 0 Å². The standard InChI is InChI=1S/C13H28N2/c1-10(2)9-15(6)11-7-8-13(3,4)12(11)14-5/h10-12,14H,7-9H2,1-6H3. The average molecular weight is 212 g/mol. The van der Waals surface area contributed by atoms with Crippen LogP contribution in [-0.4, -0.2) is 37.6 Å². The third-order valence-corrected chi connectivity index (χ3v) is 3.84. The fraction of sp³-hybridized carbons (Fsp3) is 1.00. The van der Waals surface area contributed by atoms with Crippen LogP contribution in [0.15, 0.2) is 0 Å². The molecule has 0 bridgehead atoms. The Balaban J connectivity index is 2.62. The number of nitrogens with zero attached hydrogens (tertiary/aromatic N) is 1. The predicted octanol–water partition coefficient (Wildman–Crippen LogP) is 2.35. The zero-order chi connectivity index (χ0) is 11.6. The summed E-state index contributed by atoms with van der Waals surface area (Å²) in [7, 11) is 4.38. The van der Waals surface area contributed by atoms with E-state index in [9.17, 15) is 0 Å². The third-order valence-electron chi connectivity index (χ3n) is 3.84. The van der Waals surface area contributed by atoms with Gasteiger partial charge in [0.05, 0.1) is 0 Å². The largest absolute Gasteiger partial charge is 0.315 e. The first-order valence-corrected chi connectivity index (χ1v) is 6.26. The fourth-order valence-electron chi connectivity index (χ4n) is 3.13. The van der Waals surface area contributed by atoms with Gasteiger partial charge in [-0.1, -0.05) is 27.7 Å². The molecule has 2 atom stereocenters. The smallest absolute Gasteiger partial charge is 0.0271 e. The first kappa shape index (κ1) is 13.0. The van der Waals surface area contributed by atoms with Gasteiger partial charge in [-0.2, -0.15) is 0 Å². The van der Waals surface area contributed by atoms with Gasteiger partial charge < -0.3 is 10.2 Å². The molecule has 0 heterocycles. The van der Waals surface area contributed by atoms with Gasteiger partial charge in [-0.05, 0) is 38.3 Å². The van der Waals surface area contributed by atoms with Crippen molar-refractivity contribution in [2.24, 2.45) is 11.3 Å². The van der Waals surface area contributed by atoms with Crippen molar-refractivity contribution in [3.05, 3.63) is 0 Å². The molecule has 0 spiro atoms. The van der Waals surface area contributed by atoms with Gasteiger partial charge in [-0.3, -0.25) is 0 Å².